The largest absolute Gasteiger partial charge is 0.434 e. The minimum absolute atomic E-state index is 0.00981. The molecule has 0 bridgehead atoms. The van der Waals surface area contributed by atoms with Crippen molar-refractivity contribution in [2.75, 3.05) is 0 Å². The maximum Gasteiger partial charge on any atom is 0.387 e. The summed E-state index contributed by atoms with van der Waals surface area (Å²) in [4.78, 5) is 0. The van der Waals surface area contributed by atoms with Crippen LogP contribution < -0.4 is 4.74 Å². The molecule has 1 rings (SSSR count). The van der Waals surface area contributed by atoms with Gasteiger partial charge in [0, 0.05) is 11.1 Å². The zero-order valence-electron chi connectivity index (χ0n) is 5.35. The summed E-state index contributed by atoms with van der Waals surface area (Å²) in [6.07, 6.45) is 0. The number of hydrogen-bond donors (Lipinski definition) is 0. The lowest BCUT2D eigenvalue weighted by atomic mass is 10.3. The number of alkyl halides is 2. The van der Waals surface area contributed by atoms with Gasteiger partial charge in [0.25, 0.3) is 0 Å². The molecule has 11 heavy (non-hydrogen) atoms. The van der Waals surface area contributed by atoms with Gasteiger partial charge in [-0.1, -0.05) is 11.6 Å². The molecular weight excluding hydrogens is 174 g/mol. The normalized spacial score (nSPS) is 10.2. The third-order valence-electron chi connectivity index (χ3n) is 0.962. The SMILES string of the molecule is FC(F)Oc1[c]cc(Cl)cc1. The lowest BCUT2D eigenvalue weighted by molar-refractivity contribution is -0.0500. The molecule has 0 N–H and O–H groups in total. The van der Waals surface area contributed by atoms with E-state index in [4.69, 9.17) is 11.6 Å². The molecule has 1 aromatic rings. The first-order valence-corrected chi connectivity index (χ1v) is 3.18. The number of rotatable bonds is 2. The summed E-state index contributed by atoms with van der Waals surface area (Å²) in [6.45, 7) is -2.81. The van der Waals surface area contributed by atoms with Crippen LogP contribution in [0.15, 0.2) is 18.2 Å². The number of ether oxygens (including phenoxy) is 1. The summed E-state index contributed by atoms with van der Waals surface area (Å²) < 4.78 is 27.1. The molecule has 1 nitrogen and oxygen atoms in total. The van der Waals surface area contributed by atoms with E-state index in [0.717, 1.165) is 0 Å². The van der Waals surface area contributed by atoms with Crippen LogP contribution in [0.2, 0.25) is 5.02 Å². The predicted octanol–water partition coefficient (Wildman–Crippen LogP) is 2.74. The minimum atomic E-state index is -2.81. The first-order valence-electron chi connectivity index (χ1n) is 2.80. The van der Waals surface area contributed by atoms with Gasteiger partial charge in [-0.2, -0.15) is 8.78 Å². The standard InChI is InChI=1S/C7H4ClF2O/c8-5-1-3-6(4-2-5)11-7(9)10/h1-3,7H. The Kier molecular flexibility index (Phi) is 2.65. The van der Waals surface area contributed by atoms with E-state index in [0.29, 0.717) is 5.02 Å². The molecule has 0 heterocycles. The summed E-state index contributed by atoms with van der Waals surface area (Å²) >= 11 is 5.47. The van der Waals surface area contributed by atoms with Gasteiger partial charge in [-0.25, -0.2) is 0 Å². The second kappa shape index (κ2) is 3.53. The molecule has 0 aliphatic rings. The van der Waals surface area contributed by atoms with Crippen LogP contribution in [-0.2, 0) is 0 Å². The van der Waals surface area contributed by atoms with Crippen LogP contribution in [0.5, 0.6) is 5.75 Å². The summed E-state index contributed by atoms with van der Waals surface area (Å²) in [5.41, 5.74) is 0. The Morgan fingerprint density at radius 3 is 2.64 bits per heavy atom. The van der Waals surface area contributed by atoms with Gasteiger partial charge in [0.15, 0.2) is 0 Å². The third kappa shape index (κ3) is 2.72. The van der Waals surface area contributed by atoms with E-state index in [-0.39, 0.29) is 5.75 Å². The molecule has 0 saturated heterocycles. The first-order chi connectivity index (χ1) is 5.18. The van der Waals surface area contributed by atoms with Crippen LogP contribution in [0, 0.1) is 6.07 Å². The van der Waals surface area contributed by atoms with Crippen LogP contribution in [0.1, 0.15) is 0 Å². The smallest absolute Gasteiger partial charge is 0.387 e. The van der Waals surface area contributed by atoms with Gasteiger partial charge in [-0.3, -0.25) is 0 Å². The zero-order chi connectivity index (χ0) is 8.27. The number of halogens is 3. The second-order valence-corrected chi connectivity index (χ2v) is 2.19. The van der Waals surface area contributed by atoms with Gasteiger partial charge in [0.2, 0.25) is 0 Å². The Hall–Kier alpha value is -0.830. The fourth-order valence-corrected chi connectivity index (χ4v) is 0.678. The molecule has 0 aromatic heterocycles. The van der Waals surface area contributed by atoms with E-state index in [1.165, 1.54) is 18.2 Å². The molecule has 0 unspecified atom stereocenters. The van der Waals surface area contributed by atoms with Gasteiger partial charge >= 0.3 is 6.61 Å². The lowest BCUT2D eigenvalue weighted by Crippen LogP contribution is -2.01. The summed E-state index contributed by atoms with van der Waals surface area (Å²) in [5.74, 6) is -0.00981. The number of hydrogen-bond acceptors (Lipinski definition) is 1. The molecule has 0 aliphatic heterocycles. The lowest BCUT2D eigenvalue weighted by Gasteiger charge is -2.01. The van der Waals surface area contributed by atoms with Gasteiger partial charge < -0.3 is 4.74 Å². The monoisotopic (exact) mass is 177 g/mol. The summed E-state index contributed by atoms with van der Waals surface area (Å²) in [7, 11) is 0. The number of benzene rings is 1. The van der Waals surface area contributed by atoms with Crippen LogP contribution in [-0.4, -0.2) is 6.61 Å². The predicted molar refractivity (Wildman–Crippen MR) is 36.9 cm³/mol. The van der Waals surface area contributed by atoms with Crippen LogP contribution in [0.3, 0.4) is 0 Å². The van der Waals surface area contributed by atoms with Crippen molar-refractivity contribution in [1.29, 1.82) is 0 Å². The molecule has 1 aromatic carbocycles. The van der Waals surface area contributed by atoms with Crippen molar-refractivity contribution in [2.45, 2.75) is 6.61 Å². The topological polar surface area (TPSA) is 9.23 Å². The third-order valence-corrected chi connectivity index (χ3v) is 1.20. The molecule has 0 fully saturated rings. The molecule has 0 amide bonds. The van der Waals surface area contributed by atoms with Crippen LogP contribution >= 0.6 is 11.6 Å². The quantitative estimate of drug-likeness (QED) is 0.675. The van der Waals surface area contributed by atoms with Gasteiger partial charge in [0.05, 0.1) is 0 Å². The molecule has 0 aliphatic carbocycles. The summed E-state index contributed by atoms with van der Waals surface area (Å²) in [5, 5.41) is 0.437. The Balaban J connectivity index is 2.66. The second-order valence-electron chi connectivity index (χ2n) is 1.75. The van der Waals surface area contributed by atoms with Gasteiger partial charge in [-0.05, 0) is 18.2 Å². The minimum Gasteiger partial charge on any atom is -0.434 e. The van der Waals surface area contributed by atoms with Crippen molar-refractivity contribution >= 4 is 11.6 Å². The van der Waals surface area contributed by atoms with Crippen molar-refractivity contribution in [2.24, 2.45) is 0 Å². The molecule has 59 valence electrons. The van der Waals surface area contributed by atoms with E-state index in [1.54, 1.807) is 0 Å². The van der Waals surface area contributed by atoms with Crippen molar-refractivity contribution < 1.29 is 13.5 Å². The Morgan fingerprint density at radius 1 is 1.45 bits per heavy atom. The van der Waals surface area contributed by atoms with Crippen molar-refractivity contribution in [1.82, 2.24) is 0 Å². The Labute approximate surface area is 67.5 Å². The van der Waals surface area contributed by atoms with Crippen molar-refractivity contribution in [3.8, 4) is 5.75 Å². The van der Waals surface area contributed by atoms with E-state index >= 15 is 0 Å². The molecular formula is C7H4ClF2O. The Bertz CT molecular complexity index is 222. The van der Waals surface area contributed by atoms with E-state index < -0.39 is 6.61 Å². The van der Waals surface area contributed by atoms with Crippen LogP contribution in [0.4, 0.5) is 8.78 Å². The van der Waals surface area contributed by atoms with E-state index in [2.05, 4.69) is 10.8 Å². The molecule has 4 heteroatoms. The van der Waals surface area contributed by atoms with Gasteiger partial charge in [-0.15, -0.1) is 0 Å². The van der Waals surface area contributed by atoms with Crippen LogP contribution in [0.25, 0.3) is 0 Å². The Morgan fingerprint density at radius 2 is 2.18 bits per heavy atom. The fraction of sp³-hybridized carbons (Fsp3) is 0.143. The first kappa shape index (κ1) is 8.27. The highest BCUT2D eigenvalue weighted by Gasteiger charge is 2.02. The maximum atomic E-state index is 11.5. The highest BCUT2D eigenvalue weighted by molar-refractivity contribution is 6.30. The van der Waals surface area contributed by atoms with Crippen molar-refractivity contribution in [3.05, 3.63) is 29.3 Å². The highest BCUT2D eigenvalue weighted by Crippen LogP contribution is 2.16. The van der Waals surface area contributed by atoms with Crippen molar-refractivity contribution in [3.63, 3.8) is 0 Å². The molecule has 0 spiro atoms. The highest BCUT2D eigenvalue weighted by atomic mass is 35.5. The molecule has 0 atom stereocenters. The average Bonchev–Trinajstić information content (AvgIpc) is 1.93. The zero-order valence-corrected chi connectivity index (χ0v) is 6.11. The average molecular weight is 178 g/mol. The maximum absolute atomic E-state index is 11.5. The van der Waals surface area contributed by atoms with E-state index in [9.17, 15) is 8.78 Å². The summed E-state index contributed by atoms with van der Waals surface area (Å²) in [6, 6.07) is 6.58. The fourth-order valence-electron chi connectivity index (χ4n) is 0.561. The molecule has 0 saturated carbocycles. The molecule has 1 radical (unpaired) electrons. The van der Waals surface area contributed by atoms with Gasteiger partial charge in [0.1, 0.15) is 5.75 Å². The van der Waals surface area contributed by atoms with E-state index in [1.807, 2.05) is 0 Å².